The van der Waals surface area contributed by atoms with Crippen molar-refractivity contribution in [1.29, 1.82) is 0 Å². The van der Waals surface area contributed by atoms with E-state index in [-0.39, 0.29) is 0 Å². The lowest BCUT2D eigenvalue weighted by atomic mass is 9.96. The van der Waals surface area contributed by atoms with Gasteiger partial charge in [0, 0.05) is 64.3 Å². The summed E-state index contributed by atoms with van der Waals surface area (Å²) >= 11 is 3.34. The Hall–Kier alpha value is -5.04. The molecule has 0 unspecified atom stereocenters. The lowest BCUT2D eigenvalue weighted by Crippen LogP contribution is -2.10. The molecule has 2 aromatic heterocycles. The Morgan fingerprint density at radius 2 is 0.804 bits per heavy atom. The maximum Gasteiger partial charge on any atom is 0.126 e. The summed E-state index contributed by atoms with van der Waals surface area (Å²) in [7, 11) is 0. The van der Waals surface area contributed by atoms with Crippen molar-refractivity contribution in [2.75, 3.05) is 0 Å². The summed E-state index contributed by atoms with van der Waals surface area (Å²) in [5.74, 6) is -2.48. The van der Waals surface area contributed by atoms with E-state index in [0.29, 0.717) is 11.1 Å². The lowest BCUT2D eigenvalue weighted by molar-refractivity contribution is 0.582. The first-order valence-electron chi connectivity index (χ1n) is 14.8. The molecule has 2 heterocycles. The van der Waals surface area contributed by atoms with Crippen molar-refractivity contribution in [2.45, 2.75) is 0 Å². The SMILES string of the molecule is Fc1cc(F)cc(C2=c3cc4cc5c(cc4cc3-c3sc4ccccc4c32)=C(c2cc(F)cc(F)c2)c2c-5sc3ccccc23)c1. The molecular formula is C40H18F4S2. The number of benzene rings is 6. The van der Waals surface area contributed by atoms with E-state index in [4.69, 9.17) is 0 Å². The highest BCUT2D eigenvalue weighted by Gasteiger charge is 2.30. The van der Waals surface area contributed by atoms with Crippen LogP contribution in [-0.2, 0) is 0 Å². The zero-order valence-corrected chi connectivity index (χ0v) is 25.4. The molecule has 218 valence electrons. The van der Waals surface area contributed by atoms with Crippen LogP contribution < -0.4 is 10.4 Å². The van der Waals surface area contributed by atoms with Gasteiger partial charge >= 0.3 is 0 Å². The zero-order chi connectivity index (χ0) is 30.8. The number of hydrogen-bond donors (Lipinski definition) is 0. The summed E-state index contributed by atoms with van der Waals surface area (Å²) in [6.45, 7) is 0. The van der Waals surface area contributed by atoms with Gasteiger partial charge in [-0.3, -0.25) is 0 Å². The Labute approximate surface area is 267 Å². The van der Waals surface area contributed by atoms with Crippen LogP contribution in [0.3, 0.4) is 0 Å². The molecule has 46 heavy (non-hydrogen) atoms. The van der Waals surface area contributed by atoms with Crippen LogP contribution >= 0.6 is 22.7 Å². The predicted molar refractivity (Wildman–Crippen MR) is 181 cm³/mol. The molecule has 8 aromatic rings. The number of rotatable bonds is 2. The average molecular weight is 639 g/mol. The van der Waals surface area contributed by atoms with E-state index in [1.165, 1.54) is 24.3 Å². The van der Waals surface area contributed by atoms with Crippen molar-refractivity contribution < 1.29 is 17.6 Å². The smallest absolute Gasteiger partial charge is 0.126 e. The maximum absolute atomic E-state index is 14.6. The van der Waals surface area contributed by atoms with Crippen LogP contribution in [0, 0.1) is 23.3 Å². The monoisotopic (exact) mass is 638 g/mol. The minimum Gasteiger partial charge on any atom is -0.207 e. The molecule has 0 bridgehead atoms. The van der Waals surface area contributed by atoms with Gasteiger partial charge in [-0.05, 0) is 104 Å². The third-order valence-corrected chi connectivity index (χ3v) is 11.5. The van der Waals surface area contributed by atoms with Crippen LogP contribution in [0.2, 0.25) is 0 Å². The van der Waals surface area contributed by atoms with E-state index in [9.17, 15) is 17.6 Å². The van der Waals surface area contributed by atoms with Gasteiger partial charge in [-0.2, -0.15) is 0 Å². The zero-order valence-electron chi connectivity index (χ0n) is 23.7. The fraction of sp³-hybridized carbons (Fsp3) is 0. The lowest BCUT2D eigenvalue weighted by Gasteiger charge is -2.08. The van der Waals surface area contributed by atoms with Gasteiger partial charge in [0.15, 0.2) is 0 Å². The molecule has 0 nitrogen and oxygen atoms in total. The molecule has 0 fully saturated rings. The first-order valence-corrected chi connectivity index (χ1v) is 16.4. The Kier molecular flexibility index (Phi) is 5.27. The first-order chi connectivity index (χ1) is 22.4. The molecule has 2 aliphatic carbocycles. The molecule has 0 radical (unpaired) electrons. The topological polar surface area (TPSA) is 0 Å². The summed E-state index contributed by atoms with van der Waals surface area (Å²) in [6.07, 6.45) is 0. The Morgan fingerprint density at radius 3 is 1.22 bits per heavy atom. The minimum absolute atomic E-state index is 0.497. The molecule has 10 rings (SSSR count). The van der Waals surface area contributed by atoms with Gasteiger partial charge < -0.3 is 0 Å². The van der Waals surface area contributed by atoms with Crippen molar-refractivity contribution in [3.8, 4) is 20.9 Å². The second-order valence-corrected chi connectivity index (χ2v) is 13.9. The fourth-order valence-corrected chi connectivity index (χ4v) is 9.85. The van der Waals surface area contributed by atoms with Crippen LogP contribution in [0.15, 0.2) is 109 Å². The van der Waals surface area contributed by atoms with Crippen LogP contribution in [0.5, 0.6) is 0 Å². The largest absolute Gasteiger partial charge is 0.207 e. The molecule has 2 aliphatic rings. The van der Waals surface area contributed by atoms with Crippen molar-refractivity contribution in [3.05, 3.63) is 165 Å². The third-order valence-electron chi connectivity index (χ3n) is 9.13. The standard InChI is InChI=1S/C40H18F4S2/c41-23-9-21(10-24(42)17-23)35-29-13-19-16-32-30(14-20(19)15-31(29)39-37(35)27-5-1-3-7-33(27)45-39)36(22-11-25(43)18-26(44)12-22)38-28-6-2-4-8-34(28)46-40(32)38/h1-18H. The van der Waals surface area contributed by atoms with Crippen LogP contribution in [0.4, 0.5) is 17.6 Å². The number of hydrogen-bond acceptors (Lipinski definition) is 2. The Morgan fingerprint density at radius 1 is 0.413 bits per heavy atom. The molecule has 0 aliphatic heterocycles. The normalized spacial score (nSPS) is 13.1. The summed E-state index contributed by atoms with van der Waals surface area (Å²) in [5, 5.41) is 5.89. The molecule has 6 heteroatoms. The quantitative estimate of drug-likeness (QED) is 0.165. The number of fused-ring (bicyclic) bond motifs is 11. The van der Waals surface area contributed by atoms with Crippen molar-refractivity contribution in [1.82, 2.24) is 0 Å². The highest BCUT2D eigenvalue weighted by Crippen LogP contribution is 2.49. The van der Waals surface area contributed by atoms with Gasteiger partial charge in [-0.15, -0.1) is 22.7 Å². The molecular weight excluding hydrogens is 621 g/mol. The average Bonchev–Trinajstić information content (AvgIpc) is 3.75. The molecule has 0 atom stereocenters. The van der Waals surface area contributed by atoms with Crippen molar-refractivity contribution >= 4 is 64.8 Å². The van der Waals surface area contributed by atoms with E-state index >= 15 is 0 Å². The van der Waals surface area contributed by atoms with Crippen LogP contribution in [-0.4, -0.2) is 0 Å². The van der Waals surface area contributed by atoms with E-state index in [0.717, 1.165) is 96.7 Å². The fourth-order valence-electron chi connectivity index (χ4n) is 7.37. The highest BCUT2D eigenvalue weighted by atomic mass is 32.1. The van der Waals surface area contributed by atoms with Crippen LogP contribution in [0.25, 0.3) is 63.0 Å². The summed E-state index contributed by atoms with van der Waals surface area (Å²) in [5.41, 5.74) is 6.59. The maximum atomic E-state index is 14.6. The molecule has 6 aromatic carbocycles. The first kappa shape index (κ1) is 26.2. The van der Waals surface area contributed by atoms with E-state index in [1.807, 2.05) is 24.3 Å². The van der Waals surface area contributed by atoms with Gasteiger partial charge in [0.2, 0.25) is 0 Å². The van der Waals surface area contributed by atoms with E-state index < -0.39 is 23.3 Å². The molecule has 0 saturated heterocycles. The van der Waals surface area contributed by atoms with Crippen LogP contribution in [0.1, 0.15) is 22.3 Å². The molecule has 0 spiro atoms. The third kappa shape index (κ3) is 3.60. The van der Waals surface area contributed by atoms with Gasteiger partial charge in [0.25, 0.3) is 0 Å². The van der Waals surface area contributed by atoms with Crippen molar-refractivity contribution in [2.24, 2.45) is 0 Å². The summed E-state index contributed by atoms with van der Waals surface area (Å²) in [6, 6.07) is 32.2. The van der Waals surface area contributed by atoms with E-state index in [2.05, 4.69) is 48.5 Å². The van der Waals surface area contributed by atoms with E-state index in [1.54, 1.807) is 22.7 Å². The molecule has 0 amide bonds. The summed E-state index contributed by atoms with van der Waals surface area (Å²) in [4.78, 5) is 2.11. The predicted octanol–water partition coefficient (Wildman–Crippen LogP) is 10.3. The summed E-state index contributed by atoms with van der Waals surface area (Å²) < 4.78 is 60.7. The second-order valence-electron chi connectivity index (χ2n) is 11.8. The number of thiophene rings is 2. The van der Waals surface area contributed by atoms with Gasteiger partial charge in [-0.25, -0.2) is 17.6 Å². The van der Waals surface area contributed by atoms with Crippen molar-refractivity contribution in [3.63, 3.8) is 0 Å². The van der Waals surface area contributed by atoms with Gasteiger partial charge in [0.1, 0.15) is 23.3 Å². The Balaban J connectivity index is 1.34. The van der Waals surface area contributed by atoms with Gasteiger partial charge in [0.05, 0.1) is 0 Å². The number of halogens is 4. The molecule has 0 saturated carbocycles. The highest BCUT2D eigenvalue weighted by molar-refractivity contribution is 7.23. The molecule has 0 N–H and O–H groups in total. The Bertz CT molecular complexity index is 2570. The van der Waals surface area contributed by atoms with Gasteiger partial charge in [-0.1, -0.05) is 36.4 Å². The minimum atomic E-state index is -0.621. The second kappa shape index (κ2) is 9.25.